The number of aliphatic hydroxyl groups excluding tert-OH is 4. The Bertz CT molecular complexity index is 4150. The first kappa shape index (κ1) is 83.5. The number of ether oxygens (including phenoxy) is 8. The Balaban J connectivity index is 0.000000252. The number of phenolic OH excluding ortho intramolecular Hbond substituents is 4. The number of amides is 2. The third-order valence-electron chi connectivity index (χ3n) is 20.4. The number of phenols is 4. The molecule has 4 aliphatic carbocycles. The standard InChI is InChI=1S/C42H55NO15.C36H43NO13/c1-22-36(48)23(17-24(45)9-10-30(47)43-12-14-56-16-15-55-13-11-41(2,3)4)18-31(57-22)58-28-20-42(53,29(46)21-44)19-26-33(28)40(52)35-34(38(26)50)37(49)25-7-6-8-27(54-5)32(25)39(35)51;1-16-30(42)20(37-24(41)10-9-17(39)12-35(2,3)4)11-25(49-16)50-22-14-36(47,23(40)15-38)13-19-27(22)34(46)29-28(32(19)44)31(43)18-7-6-8-21(48-5)26(18)33(29)45/h6-8,22-23,28,31,36,44,48,50,52-53H,9-21H2,1-5H3,(H,43,47);6-8,16,20,22,25,30,38,42,44,46-47H,9-15H2,1-5H3,(H,37,41)/t22-,23-,28-,31?,36+,42-;16-,20-,22-,25-,30+,36-/m00/s1. The number of carbonyl (C=O) groups is 10. The predicted molar refractivity (Wildman–Crippen MR) is 379 cm³/mol. The summed E-state index contributed by atoms with van der Waals surface area (Å²) in [4.78, 5) is 132. The molecule has 10 rings (SSSR count). The fourth-order valence-electron chi connectivity index (χ4n) is 14.8. The van der Waals surface area contributed by atoms with Gasteiger partial charge in [-0.15, -0.1) is 0 Å². The maximum absolute atomic E-state index is 13.9. The second-order valence-corrected chi connectivity index (χ2v) is 30.8. The lowest BCUT2D eigenvalue weighted by molar-refractivity contribution is -0.257. The van der Waals surface area contributed by atoms with E-state index < -0.39 is 197 Å². The largest absolute Gasteiger partial charge is 0.507 e. The Morgan fingerprint density at radius 1 is 0.546 bits per heavy atom. The van der Waals surface area contributed by atoms with Crippen molar-refractivity contribution in [3.05, 3.63) is 103 Å². The minimum Gasteiger partial charge on any atom is -0.507 e. The van der Waals surface area contributed by atoms with Crippen molar-refractivity contribution in [2.45, 2.75) is 205 Å². The molecule has 0 saturated carbocycles. The van der Waals surface area contributed by atoms with E-state index >= 15 is 0 Å². The topological polar surface area (TPSA) is 471 Å². The molecule has 2 amide bonds. The first-order valence-corrected chi connectivity index (χ1v) is 36.0. The number of nitrogens with one attached hydrogen (secondary N) is 2. The zero-order valence-corrected chi connectivity index (χ0v) is 62.2. The third kappa shape index (κ3) is 18.2. The maximum atomic E-state index is 13.9. The molecule has 4 aromatic carbocycles. The van der Waals surface area contributed by atoms with Crippen LogP contribution in [0.5, 0.6) is 34.5 Å². The van der Waals surface area contributed by atoms with Crippen LogP contribution in [0.1, 0.15) is 224 Å². The molecule has 2 aliphatic heterocycles. The Kier molecular flexibility index (Phi) is 26.4. The van der Waals surface area contributed by atoms with Crippen molar-refractivity contribution in [3.63, 3.8) is 0 Å². The lowest BCUT2D eigenvalue weighted by Crippen LogP contribution is -2.55. The molecule has 6 aliphatic rings. The highest BCUT2D eigenvalue weighted by atomic mass is 16.7. The van der Waals surface area contributed by atoms with Gasteiger partial charge >= 0.3 is 0 Å². The molecule has 108 heavy (non-hydrogen) atoms. The second kappa shape index (κ2) is 34.2. The molecule has 2 heterocycles. The molecule has 1 unspecified atom stereocenters. The average Bonchev–Trinajstić information content (AvgIpc) is 0.716. The van der Waals surface area contributed by atoms with E-state index in [4.69, 9.17) is 37.9 Å². The van der Waals surface area contributed by atoms with Gasteiger partial charge in [-0.25, -0.2) is 0 Å². The molecule has 0 bridgehead atoms. The minimum atomic E-state index is -2.34. The van der Waals surface area contributed by atoms with E-state index in [1.54, 1.807) is 6.92 Å². The first-order valence-electron chi connectivity index (χ1n) is 36.0. The zero-order chi connectivity index (χ0) is 79.4. The highest BCUT2D eigenvalue weighted by Gasteiger charge is 2.53. The van der Waals surface area contributed by atoms with E-state index in [1.807, 2.05) is 20.8 Å². The summed E-state index contributed by atoms with van der Waals surface area (Å²) in [6.45, 7) is 15.1. The quantitative estimate of drug-likeness (QED) is 0.0236. The number of hydrogen-bond donors (Lipinski definition) is 12. The van der Waals surface area contributed by atoms with Crippen LogP contribution in [0.4, 0.5) is 0 Å². The predicted octanol–water partition coefficient (Wildman–Crippen LogP) is 4.56. The molecule has 0 radical (unpaired) electrons. The molecular formula is C78H98N2O28. The molecule has 12 N–H and O–H groups in total. The molecule has 30 nitrogen and oxygen atoms in total. The minimum absolute atomic E-state index is 0.0128. The average molecular weight is 1510 g/mol. The smallest absolute Gasteiger partial charge is 0.220 e. The number of rotatable bonds is 28. The van der Waals surface area contributed by atoms with E-state index in [9.17, 15) is 99.0 Å². The Hall–Kier alpha value is -8.50. The van der Waals surface area contributed by atoms with Crippen molar-refractivity contribution < 1.29 is 137 Å². The molecule has 588 valence electrons. The van der Waals surface area contributed by atoms with Gasteiger partial charge in [-0.2, -0.15) is 0 Å². The summed E-state index contributed by atoms with van der Waals surface area (Å²) < 4.78 is 45.9. The summed E-state index contributed by atoms with van der Waals surface area (Å²) in [5.74, 6) is -10.0. The second-order valence-electron chi connectivity index (χ2n) is 30.8. The van der Waals surface area contributed by atoms with Gasteiger partial charge in [0.1, 0.15) is 76.6 Å². The number of aromatic hydroxyl groups is 4. The maximum Gasteiger partial charge on any atom is 0.220 e. The fourth-order valence-corrected chi connectivity index (χ4v) is 14.8. The Labute approximate surface area is 623 Å². The van der Waals surface area contributed by atoms with Gasteiger partial charge in [0.05, 0.1) is 104 Å². The molecule has 2 saturated heterocycles. The van der Waals surface area contributed by atoms with E-state index in [1.165, 1.54) is 57.5 Å². The Morgan fingerprint density at radius 3 is 1.45 bits per heavy atom. The van der Waals surface area contributed by atoms with Gasteiger partial charge in [0.25, 0.3) is 0 Å². The van der Waals surface area contributed by atoms with Crippen molar-refractivity contribution in [3.8, 4) is 34.5 Å². The molecule has 4 aromatic rings. The van der Waals surface area contributed by atoms with Gasteiger partial charge in [-0.3, -0.25) is 47.9 Å². The third-order valence-corrected chi connectivity index (χ3v) is 20.4. The van der Waals surface area contributed by atoms with Crippen LogP contribution in [0.15, 0.2) is 36.4 Å². The molecule has 0 aromatic heterocycles. The monoisotopic (exact) mass is 1510 g/mol. The number of Topliss-reactive ketones (excluding diaryl/α,β-unsaturated/α-hetero) is 4. The molecule has 0 spiro atoms. The lowest BCUT2D eigenvalue weighted by Gasteiger charge is -2.43. The number of fused-ring (bicyclic) bond motifs is 6. The number of aliphatic hydroxyl groups is 6. The van der Waals surface area contributed by atoms with Gasteiger partial charge in [0.15, 0.2) is 35.7 Å². The van der Waals surface area contributed by atoms with Crippen LogP contribution in [0, 0.1) is 16.7 Å². The summed E-state index contributed by atoms with van der Waals surface area (Å²) >= 11 is 0. The van der Waals surface area contributed by atoms with E-state index in [-0.39, 0.29) is 142 Å². The van der Waals surface area contributed by atoms with Gasteiger partial charge in [-0.05, 0) is 49.1 Å². The summed E-state index contributed by atoms with van der Waals surface area (Å²) in [5.41, 5.74) is -8.09. The van der Waals surface area contributed by atoms with Crippen LogP contribution in [0.3, 0.4) is 0 Å². The highest BCUT2D eigenvalue weighted by molar-refractivity contribution is 6.32. The van der Waals surface area contributed by atoms with Crippen molar-refractivity contribution >= 4 is 58.1 Å². The number of methoxy groups -OCH3 is 2. The van der Waals surface area contributed by atoms with Crippen molar-refractivity contribution in [1.29, 1.82) is 0 Å². The van der Waals surface area contributed by atoms with Crippen LogP contribution < -0.4 is 20.1 Å². The molecule has 12 atom stereocenters. The van der Waals surface area contributed by atoms with E-state index in [2.05, 4.69) is 31.4 Å². The van der Waals surface area contributed by atoms with Gasteiger partial charge in [-0.1, -0.05) is 65.8 Å². The number of hydrogen-bond acceptors (Lipinski definition) is 28. The molecular weight excluding hydrogens is 1410 g/mol. The number of ketones is 8. The van der Waals surface area contributed by atoms with Crippen LogP contribution >= 0.6 is 0 Å². The van der Waals surface area contributed by atoms with E-state index in [0.29, 0.717) is 26.2 Å². The van der Waals surface area contributed by atoms with Crippen molar-refractivity contribution in [1.82, 2.24) is 10.6 Å². The van der Waals surface area contributed by atoms with E-state index in [0.717, 1.165) is 6.42 Å². The van der Waals surface area contributed by atoms with Gasteiger partial charge in [0.2, 0.25) is 23.4 Å². The molecule has 30 heteroatoms. The lowest BCUT2D eigenvalue weighted by atomic mass is 9.72. The van der Waals surface area contributed by atoms with Gasteiger partial charge < -0.3 is 99.6 Å². The summed E-state index contributed by atoms with van der Waals surface area (Å²) in [6.07, 6.45) is -11.2. The van der Waals surface area contributed by atoms with Crippen molar-refractivity contribution in [2.24, 2.45) is 16.7 Å². The zero-order valence-electron chi connectivity index (χ0n) is 62.2. The van der Waals surface area contributed by atoms with Crippen LogP contribution in [0.25, 0.3) is 0 Å². The molecule has 2 fully saturated rings. The fraction of sp³-hybridized carbons (Fsp3) is 0.564. The highest BCUT2D eigenvalue weighted by Crippen LogP contribution is 2.55. The summed E-state index contributed by atoms with van der Waals surface area (Å²) in [5, 5.41) is 116. The van der Waals surface area contributed by atoms with Gasteiger partial charge in [0, 0.05) is 124 Å². The van der Waals surface area contributed by atoms with Crippen LogP contribution in [0.2, 0.25) is 0 Å². The first-order chi connectivity index (χ1) is 50.8. The van der Waals surface area contributed by atoms with Crippen LogP contribution in [-0.4, -0.2) is 224 Å². The normalized spacial score (nSPS) is 25.0. The number of carbonyl (C=O) groups excluding carboxylic acids is 10. The summed E-state index contributed by atoms with van der Waals surface area (Å²) in [6, 6.07) is 7.71. The Morgan fingerprint density at radius 2 is 0.991 bits per heavy atom. The van der Waals surface area contributed by atoms with Crippen molar-refractivity contribution in [2.75, 3.05) is 60.4 Å². The summed E-state index contributed by atoms with van der Waals surface area (Å²) in [7, 11) is 2.61. The SMILES string of the molecule is COc1cccc2c1C(=O)c1c(O)c3c(c(O)c1C2=O)C[C@@](O)(C(=O)CO)C[C@@H]3OC1C[C@H](CC(=O)CCC(=O)NCCOCCOCCC(C)(C)C)[C@H](O)[C@H](C)O1.COc1cccc2c1C(=O)c1c(O)c3c(c(O)c1C2=O)C[C@@](O)(C(=O)CO)C[C@@H]3O[C@H]1C[C@H](NC(=O)CCC(=O)CC(C)(C)C)[C@H](O)[C@H](C)O1. The number of benzene rings is 4. The van der Waals surface area contributed by atoms with Crippen LogP contribution in [-0.2, 0) is 70.0 Å².